The molecule has 3 radical (unpaired) electrons. The van der Waals surface area contributed by atoms with Crippen molar-refractivity contribution >= 4 is 10.2 Å². The lowest BCUT2D eigenvalue weighted by atomic mass is 9.93. The van der Waals surface area contributed by atoms with Crippen molar-refractivity contribution in [3.05, 3.63) is 46.7 Å². The van der Waals surface area contributed by atoms with Gasteiger partial charge in [-0.05, 0) is 49.1 Å². The second-order valence-electron chi connectivity index (χ2n) is 6.17. The van der Waals surface area contributed by atoms with Gasteiger partial charge in [0, 0.05) is 6.42 Å². The van der Waals surface area contributed by atoms with Crippen molar-refractivity contribution in [2.75, 3.05) is 0 Å². The van der Waals surface area contributed by atoms with Crippen LogP contribution in [0.5, 0.6) is 0 Å². The normalized spacial score (nSPS) is 37.2. The van der Waals surface area contributed by atoms with E-state index >= 15 is 0 Å². The highest BCUT2D eigenvalue weighted by Gasteiger charge is 2.54. The highest BCUT2D eigenvalue weighted by Crippen LogP contribution is 2.47. The summed E-state index contributed by atoms with van der Waals surface area (Å²) in [6.07, 6.45) is 5.19. The number of nitrogens with zero attached hydrogens (tertiary/aromatic N) is 1. The average Bonchev–Trinajstić information content (AvgIpc) is 2.91. The Bertz CT molecular complexity index is 678. The van der Waals surface area contributed by atoms with Gasteiger partial charge in [0.05, 0.1) is 32.6 Å². The number of rotatable bonds is 0. The summed E-state index contributed by atoms with van der Waals surface area (Å²) in [7, 11) is 3.95. The standard InChI is InChI=1S/C16H15N2OSi/c1-15-6-2-3-13(15)19-14-8-11-7-10(9-17)4-5-12(11)16(14,20)18-15/h3-5,7,14,18H,2,6,8H2,1H3/t14-,15+,16-/m1/s1. The van der Waals surface area contributed by atoms with Crippen LogP contribution in [0.25, 0.3) is 0 Å². The summed E-state index contributed by atoms with van der Waals surface area (Å²) in [5.41, 5.74) is 3.02. The van der Waals surface area contributed by atoms with Crippen molar-refractivity contribution in [1.82, 2.24) is 5.32 Å². The first-order chi connectivity index (χ1) is 9.55. The summed E-state index contributed by atoms with van der Waals surface area (Å²) in [4.78, 5) is 0. The SMILES string of the molecule is C[C@]12CCC=C1O[C@@H]1Cc3cc(C#N)ccc3[C@]1([Si])N2. The summed E-state index contributed by atoms with van der Waals surface area (Å²) < 4.78 is 6.26. The van der Waals surface area contributed by atoms with Crippen LogP contribution < -0.4 is 5.32 Å². The molecule has 0 amide bonds. The average molecular weight is 279 g/mol. The van der Waals surface area contributed by atoms with Crippen LogP contribution in [0.3, 0.4) is 0 Å². The highest BCUT2D eigenvalue weighted by atomic mass is 28.1. The molecule has 1 aliphatic heterocycles. The Morgan fingerprint density at radius 3 is 3.15 bits per heavy atom. The van der Waals surface area contributed by atoms with Gasteiger partial charge in [-0.25, -0.2) is 0 Å². The van der Waals surface area contributed by atoms with Gasteiger partial charge in [0.1, 0.15) is 11.9 Å². The fourth-order valence-electron chi connectivity index (χ4n) is 3.75. The van der Waals surface area contributed by atoms with Gasteiger partial charge in [-0.2, -0.15) is 5.26 Å². The van der Waals surface area contributed by atoms with Crippen LogP contribution in [0, 0.1) is 11.3 Å². The molecule has 3 nitrogen and oxygen atoms in total. The Hall–Kier alpha value is -1.57. The second-order valence-corrected chi connectivity index (χ2v) is 6.96. The Morgan fingerprint density at radius 2 is 2.35 bits per heavy atom. The Labute approximate surface area is 122 Å². The van der Waals surface area contributed by atoms with E-state index in [4.69, 9.17) is 10.00 Å². The van der Waals surface area contributed by atoms with Gasteiger partial charge in [-0.15, -0.1) is 0 Å². The van der Waals surface area contributed by atoms with Gasteiger partial charge in [0.2, 0.25) is 0 Å². The smallest absolute Gasteiger partial charge is 0.121 e. The molecule has 1 fully saturated rings. The number of morpholine rings is 1. The Balaban J connectivity index is 1.81. The molecule has 4 heteroatoms. The third kappa shape index (κ3) is 1.42. The highest BCUT2D eigenvalue weighted by molar-refractivity contribution is 6.17. The second kappa shape index (κ2) is 3.75. The number of fused-ring (bicyclic) bond motifs is 4. The van der Waals surface area contributed by atoms with E-state index in [0.717, 1.165) is 25.0 Å². The molecule has 0 saturated carbocycles. The molecule has 3 atom stereocenters. The first-order valence-corrected chi connectivity index (χ1v) is 7.50. The summed E-state index contributed by atoms with van der Waals surface area (Å²) in [6, 6.07) is 8.12. The van der Waals surface area contributed by atoms with Crippen LogP contribution in [0.15, 0.2) is 30.0 Å². The lowest BCUT2D eigenvalue weighted by Crippen LogP contribution is -2.64. The van der Waals surface area contributed by atoms with Crippen LogP contribution in [-0.4, -0.2) is 21.9 Å². The first-order valence-electron chi connectivity index (χ1n) is 7.00. The zero-order valence-electron chi connectivity index (χ0n) is 11.4. The molecule has 99 valence electrons. The number of nitrogens with one attached hydrogen (secondary N) is 1. The van der Waals surface area contributed by atoms with E-state index in [2.05, 4.69) is 34.6 Å². The predicted octanol–water partition coefficient (Wildman–Crippen LogP) is 1.86. The number of ether oxygens (including phenoxy) is 1. The van der Waals surface area contributed by atoms with E-state index in [9.17, 15) is 0 Å². The minimum Gasteiger partial charge on any atom is -0.491 e. The Kier molecular flexibility index (Phi) is 2.28. The quantitative estimate of drug-likeness (QED) is 0.737. The van der Waals surface area contributed by atoms with Crippen LogP contribution in [0.4, 0.5) is 0 Å². The number of hydrogen-bond donors (Lipinski definition) is 1. The molecule has 1 N–H and O–H groups in total. The monoisotopic (exact) mass is 279 g/mol. The third-order valence-electron chi connectivity index (χ3n) is 4.81. The van der Waals surface area contributed by atoms with Gasteiger partial charge < -0.3 is 4.74 Å². The molecule has 20 heavy (non-hydrogen) atoms. The van der Waals surface area contributed by atoms with Crippen LogP contribution in [0.1, 0.15) is 36.5 Å². The summed E-state index contributed by atoms with van der Waals surface area (Å²) >= 11 is 0. The molecule has 0 unspecified atom stereocenters. The molecule has 3 aliphatic rings. The lowest BCUT2D eigenvalue weighted by molar-refractivity contribution is -0.00567. The number of allylic oxidation sites excluding steroid dienone is 1. The van der Waals surface area contributed by atoms with Crippen molar-refractivity contribution in [2.45, 2.75) is 43.0 Å². The van der Waals surface area contributed by atoms with Crippen molar-refractivity contribution in [3.8, 4) is 6.07 Å². The molecule has 1 heterocycles. The topological polar surface area (TPSA) is 45.0 Å². The maximum Gasteiger partial charge on any atom is 0.121 e. The fourth-order valence-corrected chi connectivity index (χ4v) is 4.43. The summed E-state index contributed by atoms with van der Waals surface area (Å²) in [5, 5.41) is 12.5. The van der Waals surface area contributed by atoms with Crippen LogP contribution >= 0.6 is 0 Å². The molecule has 1 aromatic rings. The van der Waals surface area contributed by atoms with Gasteiger partial charge in [-0.1, -0.05) is 6.07 Å². The number of nitriles is 1. The summed E-state index contributed by atoms with van der Waals surface area (Å²) in [5.74, 6) is 1.07. The molecule has 0 aromatic heterocycles. The molecular formula is C16H15N2OSi. The minimum atomic E-state index is -0.347. The molecule has 2 aliphatic carbocycles. The predicted molar refractivity (Wildman–Crippen MR) is 76.0 cm³/mol. The third-order valence-corrected chi connectivity index (χ3v) is 5.52. The molecule has 0 spiro atoms. The van der Waals surface area contributed by atoms with E-state index < -0.39 is 0 Å². The van der Waals surface area contributed by atoms with Crippen molar-refractivity contribution < 1.29 is 4.74 Å². The zero-order chi connectivity index (χ0) is 14.0. The van der Waals surface area contributed by atoms with Gasteiger partial charge >= 0.3 is 0 Å². The molecule has 4 rings (SSSR count). The largest absolute Gasteiger partial charge is 0.491 e. The van der Waals surface area contributed by atoms with Crippen molar-refractivity contribution in [3.63, 3.8) is 0 Å². The van der Waals surface area contributed by atoms with Crippen molar-refractivity contribution in [2.24, 2.45) is 0 Å². The molecule has 1 aromatic carbocycles. The van der Waals surface area contributed by atoms with E-state index in [0.29, 0.717) is 5.56 Å². The lowest BCUT2D eigenvalue weighted by Gasteiger charge is -2.48. The van der Waals surface area contributed by atoms with E-state index in [1.165, 1.54) is 11.1 Å². The van der Waals surface area contributed by atoms with E-state index in [-0.39, 0.29) is 16.8 Å². The molecule has 0 bridgehead atoms. The number of hydrogen-bond acceptors (Lipinski definition) is 3. The maximum atomic E-state index is 9.05. The van der Waals surface area contributed by atoms with Gasteiger partial charge in [-0.3, -0.25) is 5.32 Å². The van der Waals surface area contributed by atoms with Gasteiger partial charge in [0.15, 0.2) is 0 Å². The number of benzene rings is 1. The fraction of sp³-hybridized carbons (Fsp3) is 0.438. The molecule has 1 saturated heterocycles. The summed E-state index contributed by atoms with van der Waals surface area (Å²) in [6.45, 7) is 2.20. The maximum absolute atomic E-state index is 9.05. The van der Waals surface area contributed by atoms with E-state index in [1.807, 2.05) is 18.2 Å². The van der Waals surface area contributed by atoms with Crippen molar-refractivity contribution in [1.29, 1.82) is 5.26 Å². The van der Waals surface area contributed by atoms with E-state index in [1.54, 1.807) is 0 Å². The Morgan fingerprint density at radius 1 is 1.50 bits per heavy atom. The zero-order valence-corrected chi connectivity index (χ0v) is 12.4. The van der Waals surface area contributed by atoms with Crippen LogP contribution in [0.2, 0.25) is 0 Å². The molecular weight excluding hydrogens is 264 g/mol. The minimum absolute atomic E-state index is 0.0422. The first kappa shape index (κ1) is 12.2. The van der Waals surface area contributed by atoms with Gasteiger partial charge in [0.25, 0.3) is 0 Å². The van der Waals surface area contributed by atoms with Crippen LogP contribution in [-0.2, 0) is 16.3 Å².